The minimum atomic E-state index is -0.792. The monoisotopic (exact) mass is 404 g/mol. The van der Waals surface area contributed by atoms with Gasteiger partial charge in [0.2, 0.25) is 5.76 Å². The summed E-state index contributed by atoms with van der Waals surface area (Å²) in [5, 5.41) is 10.8. The number of benzene rings is 2. The lowest BCUT2D eigenvalue weighted by atomic mass is 9.98. The molecule has 2 aromatic heterocycles. The van der Waals surface area contributed by atoms with Crippen molar-refractivity contribution in [3.05, 3.63) is 99.0 Å². The zero-order valence-electron chi connectivity index (χ0n) is 14.9. The second-order valence-corrected chi connectivity index (χ2v) is 7.11. The summed E-state index contributed by atoms with van der Waals surface area (Å²) in [5.41, 5.74) is 0.831. The third-order valence-corrected chi connectivity index (χ3v) is 5.15. The van der Waals surface area contributed by atoms with Crippen LogP contribution in [0.25, 0.3) is 11.0 Å². The third-order valence-electron chi connectivity index (χ3n) is 4.92. The van der Waals surface area contributed by atoms with Crippen molar-refractivity contribution in [1.29, 1.82) is 0 Å². The van der Waals surface area contributed by atoms with Crippen LogP contribution in [0.1, 0.15) is 27.7 Å². The van der Waals surface area contributed by atoms with Crippen molar-refractivity contribution in [2.45, 2.75) is 6.04 Å². The van der Waals surface area contributed by atoms with E-state index < -0.39 is 11.9 Å². The molecule has 0 saturated carbocycles. The highest BCUT2D eigenvalue weighted by Gasteiger charge is 2.44. The first-order chi connectivity index (χ1) is 14.0. The highest BCUT2D eigenvalue weighted by molar-refractivity contribution is 6.30. The minimum absolute atomic E-state index is 0.0255. The number of anilines is 1. The number of hydrogen-bond donors (Lipinski definition) is 1. The molecule has 7 heteroatoms. The molecule has 3 heterocycles. The number of pyridine rings is 1. The fraction of sp³-hybridized carbons (Fsp3) is 0.0455. The van der Waals surface area contributed by atoms with Crippen molar-refractivity contribution in [1.82, 2.24) is 4.98 Å². The fourth-order valence-corrected chi connectivity index (χ4v) is 3.79. The van der Waals surface area contributed by atoms with Crippen molar-refractivity contribution < 1.29 is 14.3 Å². The first kappa shape index (κ1) is 17.5. The molecule has 0 saturated heterocycles. The van der Waals surface area contributed by atoms with Gasteiger partial charge in [-0.25, -0.2) is 4.98 Å². The van der Waals surface area contributed by atoms with Gasteiger partial charge in [0, 0.05) is 6.20 Å². The molecule has 0 fully saturated rings. The van der Waals surface area contributed by atoms with Crippen molar-refractivity contribution in [2.75, 3.05) is 4.90 Å². The molecule has 0 radical (unpaired) electrons. The molecule has 29 heavy (non-hydrogen) atoms. The van der Waals surface area contributed by atoms with Gasteiger partial charge in [0.15, 0.2) is 5.43 Å². The number of fused-ring (bicyclic) bond motifs is 2. The van der Waals surface area contributed by atoms with Crippen LogP contribution in [0.2, 0.25) is 5.02 Å². The standard InChI is InChI=1S/C22H13ClN2O4/c23-13-8-9-17(24-11-13)25-19(12-4-3-5-14(26)10-12)18-20(27)15-6-1-2-7-16(15)29-21(18)22(25)28/h1-11,19,26H. The van der Waals surface area contributed by atoms with E-state index in [9.17, 15) is 14.7 Å². The molecule has 1 aliphatic heterocycles. The predicted molar refractivity (Wildman–Crippen MR) is 108 cm³/mol. The fourth-order valence-electron chi connectivity index (χ4n) is 3.68. The topological polar surface area (TPSA) is 83.6 Å². The highest BCUT2D eigenvalue weighted by atomic mass is 35.5. The zero-order valence-corrected chi connectivity index (χ0v) is 15.6. The number of halogens is 1. The molecule has 1 atom stereocenters. The first-order valence-electron chi connectivity index (χ1n) is 8.84. The van der Waals surface area contributed by atoms with Gasteiger partial charge in [-0.05, 0) is 42.0 Å². The maximum atomic E-state index is 13.3. The van der Waals surface area contributed by atoms with Gasteiger partial charge in [-0.3, -0.25) is 14.5 Å². The maximum absolute atomic E-state index is 13.3. The van der Waals surface area contributed by atoms with Crippen LogP contribution in [0, 0.1) is 0 Å². The first-order valence-corrected chi connectivity index (χ1v) is 9.22. The summed E-state index contributed by atoms with van der Waals surface area (Å²) >= 11 is 5.95. The van der Waals surface area contributed by atoms with E-state index in [2.05, 4.69) is 4.98 Å². The van der Waals surface area contributed by atoms with Crippen LogP contribution in [0.3, 0.4) is 0 Å². The van der Waals surface area contributed by atoms with Gasteiger partial charge in [-0.1, -0.05) is 35.9 Å². The number of amides is 1. The summed E-state index contributed by atoms with van der Waals surface area (Å²) in [7, 11) is 0. The Morgan fingerprint density at radius 3 is 2.62 bits per heavy atom. The number of aromatic nitrogens is 1. The van der Waals surface area contributed by atoms with Crippen molar-refractivity contribution in [3.63, 3.8) is 0 Å². The number of nitrogens with zero attached hydrogens (tertiary/aromatic N) is 2. The normalized spacial score (nSPS) is 15.7. The minimum Gasteiger partial charge on any atom is -0.508 e. The van der Waals surface area contributed by atoms with Crippen LogP contribution in [-0.2, 0) is 0 Å². The molecule has 142 valence electrons. The SMILES string of the molecule is O=C1c2oc3ccccc3c(=O)c2C(c2cccc(O)c2)N1c1ccc(Cl)cn1. The smallest absolute Gasteiger partial charge is 0.296 e. The summed E-state index contributed by atoms with van der Waals surface area (Å²) in [6.45, 7) is 0. The molecule has 1 unspecified atom stereocenters. The average molecular weight is 405 g/mol. The lowest BCUT2D eigenvalue weighted by Crippen LogP contribution is -2.30. The Kier molecular flexibility index (Phi) is 3.89. The third kappa shape index (κ3) is 2.68. The summed E-state index contributed by atoms with van der Waals surface area (Å²) in [6, 6.07) is 15.7. The van der Waals surface area contributed by atoms with E-state index in [1.54, 1.807) is 48.5 Å². The predicted octanol–water partition coefficient (Wildman–Crippen LogP) is 4.30. The van der Waals surface area contributed by atoms with E-state index in [4.69, 9.17) is 16.0 Å². The van der Waals surface area contributed by atoms with Crippen LogP contribution >= 0.6 is 11.6 Å². The van der Waals surface area contributed by atoms with Gasteiger partial charge in [-0.2, -0.15) is 0 Å². The molecule has 4 aromatic rings. The molecule has 0 spiro atoms. The maximum Gasteiger partial charge on any atom is 0.296 e. The summed E-state index contributed by atoms with van der Waals surface area (Å²) < 4.78 is 5.85. The van der Waals surface area contributed by atoms with Crippen LogP contribution < -0.4 is 10.3 Å². The van der Waals surface area contributed by atoms with Gasteiger partial charge in [0.05, 0.1) is 22.0 Å². The molecule has 0 aliphatic carbocycles. The zero-order chi connectivity index (χ0) is 20.1. The van der Waals surface area contributed by atoms with Gasteiger partial charge in [0.1, 0.15) is 17.2 Å². The molecule has 5 rings (SSSR count). The molecule has 1 N–H and O–H groups in total. The van der Waals surface area contributed by atoms with Crippen LogP contribution in [0.5, 0.6) is 5.75 Å². The number of aromatic hydroxyl groups is 1. The Hall–Kier alpha value is -3.64. The quantitative estimate of drug-likeness (QED) is 0.538. The number of carbonyl (C=O) groups excluding carboxylic acids is 1. The Morgan fingerprint density at radius 2 is 1.86 bits per heavy atom. The Labute approximate surface area is 169 Å². The lowest BCUT2D eigenvalue weighted by molar-refractivity contribution is 0.0970. The van der Waals surface area contributed by atoms with E-state index in [1.807, 2.05) is 0 Å². The van der Waals surface area contributed by atoms with Crippen LogP contribution in [0.15, 0.2) is 76.1 Å². The van der Waals surface area contributed by atoms with Gasteiger partial charge in [0.25, 0.3) is 5.91 Å². The van der Waals surface area contributed by atoms with Crippen LogP contribution in [0.4, 0.5) is 5.82 Å². The number of hydrogen-bond acceptors (Lipinski definition) is 5. The average Bonchev–Trinajstić information content (AvgIpc) is 3.02. The number of phenolic OH excluding ortho intramolecular Hbond substituents is 1. The number of carbonyl (C=O) groups is 1. The van der Waals surface area contributed by atoms with E-state index >= 15 is 0 Å². The second-order valence-electron chi connectivity index (χ2n) is 6.68. The molecule has 1 amide bonds. The van der Waals surface area contributed by atoms with Gasteiger partial charge >= 0.3 is 0 Å². The Bertz CT molecular complexity index is 1330. The van der Waals surface area contributed by atoms with Crippen molar-refractivity contribution >= 4 is 34.3 Å². The molecule has 1 aliphatic rings. The van der Waals surface area contributed by atoms with E-state index in [-0.39, 0.29) is 22.5 Å². The molecule has 6 nitrogen and oxygen atoms in total. The van der Waals surface area contributed by atoms with E-state index in [0.717, 1.165) is 0 Å². The Balaban J connectivity index is 1.82. The van der Waals surface area contributed by atoms with E-state index in [0.29, 0.717) is 27.4 Å². The van der Waals surface area contributed by atoms with Crippen molar-refractivity contribution in [3.8, 4) is 5.75 Å². The second kappa shape index (κ2) is 6.46. The molecule has 0 bridgehead atoms. The highest BCUT2D eigenvalue weighted by Crippen LogP contribution is 2.41. The number of phenols is 1. The van der Waals surface area contributed by atoms with E-state index in [1.165, 1.54) is 23.2 Å². The Morgan fingerprint density at radius 1 is 1.03 bits per heavy atom. The molecular weight excluding hydrogens is 392 g/mol. The van der Waals surface area contributed by atoms with Crippen LogP contribution in [-0.4, -0.2) is 16.0 Å². The largest absolute Gasteiger partial charge is 0.508 e. The summed E-state index contributed by atoms with van der Waals surface area (Å²) in [5.74, 6) is -0.162. The molecular formula is C22H13ClN2O4. The lowest BCUT2D eigenvalue weighted by Gasteiger charge is -2.24. The number of rotatable bonds is 2. The summed E-state index contributed by atoms with van der Waals surface area (Å²) in [4.78, 5) is 32.3. The van der Waals surface area contributed by atoms with Gasteiger partial charge < -0.3 is 9.52 Å². The summed E-state index contributed by atoms with van der Waals surface area (Å²) in [6.07, 6.45) is 1.43. The number of para-hydroxylation sites is 1. The van der Waals surface area contributed by atoms with Crippen molar-refractivity contribution in [2.24, 2.45) is 0 Å². The molecule has 2 aromatic carbocycles. The van der Waals surface area contributed by atoms with Gasteiger partial charge in [-0.15, -0.1) is 0 Å².